The van der Waals surface area contributed by atoms with Crippen LogP contribution >= 0.6 is 11.6 Å². The zero-order valence-electron chi connectivity index (χ0n) is 12.3. The molecule has 0 aliphatic rings. The van der Waals surface area contributed by atoms with E-state index < -0.39 is 9.84 Å². The average molecular weight is 331 g/mol. The molecule has 0 fully saturated rings. The molecule has 1 N–H and O–H groups in total. The van der Waals surface area contributed by atoms with Gasteiger partial charge in [0.15, 0.2) is 9.84 Å². The Morgan fingerprint density at radius 3 is 2.57 bits per heavy atom. The number of likely N-dealkylation sites (N-methyl/N-ethyl adjacent to an activating group) is 1. The Morgan fingerprint density at radius 2 is 2.00 bits per heavy atom. The van der Waals surface area contributed by atoms with Gasteiger partial charge in [0.05, 0.1) is 4.90 Å². The average Bonchev–Trinajstić information content (AvgIpc) is 2.34. The number of hydrogen-bond acceptors (Lipinski definition) is 4. The summed E-state index contributed by atoms with van der Waals surface area (Å²) < 4.78 is 23.0. The number of nitrogens with one attached hydrogen (secondary N) is 1. The van der Waals surface area contributed by atoms with Crippen LogP contribution < -0.4 is 5.32 Å². The van der Waals surface area contributed by atoms with Crippen LogP contribution in [-0.4, -0.2) is 46.1 Å². The molecule has 1 aromatic carbocycles. The number of benzene rings is 1. The van der Waals surface area contributed by atoms with Crippen molar-refractivity contribution in [3.63, 3.8) is 0 Å². The van der Waals surface area contributed by atoms with E-state index in [1.54, 1.807) is 12.1 Å². The maximum absolute atomic E-state index is 11.6. The molecule has 0 aromatic heterocycles. The third-order valence-electron chi connectivity index (χ3n) is 2.57. The van der Waals surface area contributed by atoms with E-state index in [1.165, 1.54) is 18.2 Å². The highest BCUT2D eigenvalue weighted by Gasteiger charge is 2.10. The van der Waals surface area contributed by atoms with Crippen molar-refractivity contribution in [1.29, 1.82) is 0 Å². The van der Waals surface area contributed by atoms with Crippen LogP contribution in [0.3, 0.4) is 0 Å². The van der Waals surface area contributed by atoms with E-state index in [2.05, 4.69) is 5.32 Å². The molecule has 0 radical (unpaired) electrons. The van der Waals surface area contributed by atoms with Crippen molar-refractivity contribution in [3.8, 4) is 0 Å². The third kappa shape index (κ3) is 6.75. The number of nitrogens with zero attached hydrogens (tertiary/aromatic N) is 1. The molecule has 0 unspecified atom stereocenters. The van der Waals surface area contributed by atoms with E-state index in [9.17, 15) is 13.2 Å². The summed E-state index contributed by atoms with van der Waals surface area (Å²) in [4.78, 5) is 13.7. The smallest absolute Gasteiger partial charge is 0.243 e. The lowest BCUT2D eigenvalue weighted by Gasteiger charge is -2.07. The van der Waals surface area contributed by atoms with Crippen LogP contribution in [0.2, 0.25) is 5.02 Å². The summed E-state index contributed by atoms with van der Waals surface area (Å²) in [5.74, 6) is -0.238. The van der Waals surface area contributed by atoms with Crippen LogP contribution in [0.1, 0.15) is 5.56 Å². The largest absolute Gasteiger partial charge is 0.348 e. The lowest BCUT2D eigenvalue weighted by atomic mass is 10.2. The molecule has 0 heterocycles. The van der Waals surface area contributed by atoms with Gasteiger partial charge in [-0.2, -0.15) is 0 Å². The highest BCUT2D eigenvalue weighted by atomic mass is 35.5. The molecule has 0 aliphatic carbocycles. The van der Waals surface area contributed by atoms with Crippen molar-refractivity contribution in [3.05, 3.63) is 40.9 Å². The molecule has 21 heavy (non-hydrogen) atoms. The maximum atomic E-state index is 11.6. The first-order valence-corrected chi connectivity index (χ1v) is 8.54. The normalized spacial score (nSPS) is 12.0. The first-order chi connectivity index (χ1) is 9.68. The van der Waals surface area contributed by atoms with Gasteiger partial charge in [-0.15, -0.1) is 0 Å². The Bertz CT molecular complexity index is 640. The molecular formula is C14H19ClN2O3S. The van der Waals surface area contributed by atoms with Crippen LogP contribution in [0.4, 0.5) is 0 Å². The van der Waals surface area contributed by atoms with Crippen molar-refractivity contribution in [2.45, 2.75) is 11.4 Å². The summed E-state index contributed by atoms with van der Waals surface area (Å²) in [6.45, 7) is 0.886. The Labute approximate surface area is 130 Å². The molecule has 116 valence electrons. The van der Waals surface area contributed by atoms with Crippen LogP contribution in [0.25, 0.3) is 0 Å². The highest BCUT2D eigenvalue weighted by molar-refractivity contribution is 7.90. The Hall–Kier alpha value is -1.37. The number of halogens is 1. The van der Waals surface area contributed by atoms with Crippen molar-refractivity contribution >= 4 is 27.3 Å². The van der Waals surface area contributed by atoms with Gasteiger partial charge in [-0.1, -0.05) is 17.7 Å². The monoisotopic (exact) mass is 330 g/mol. The topological polar surface area (TPSA) is 66.5 Å². The van der Waals surface area contributed by atoms with Gasteiger partial charge in [0, 0.05) is 30.4 Å². The molecule has 1 amide bonds. The molecule has 0 aliphatic heterocycles. The van der Waals surface area contributed by atoms with E-state index >= 15 is 0 Å². The van der Waals surface area contributed by atoms with Gasteiger partial charge in [-0.25, -0.2) is 8.42 Å². The number of carbonyl (C=O) groups excluding carboxylic acids is 1. The third-order valence-corrected chi connectivity index (χ3v) is 3.88. The van der Waals surface area contributed by atoms with Crippen molar-refractivity contribution in [2.75, 3.05) is 26.9 Å². The van der Waals surface area contributed by atoms with Crippen molar-refractivity contribution in [1.82, 2.24) is 10.2 Å². The Morgan fingerprint density at radius 1 is 1.33 bits per heavy atom. The lowest BCUT2D eigenvalue weighted by molar-refractivity contribution is -0.116. The van der Waals surface area contributed by atoms with E-state index in [4.69, 9.17) is 11.6 Å². The van der Waals surface area contributed by atoms with Crippen LogP contribution in [-0.2, 0) is 21.2 Å². The first kappa shape index (κ1) is 17.7. The van der Waals surface area contributed by atoms with Crippen molar-refractivity contribution in [2.24, 2.45) is 0 Å². The van der Waals surface area contributed by atoms with E-state index in [1.807, 2.05) is 19.0 Å². The Balaban J connectivity index is 2.70. The molecule has 0 saturated carbocycles. The van der Waals surface area contributed by atoms with Gasteiger partial charge in [-0.3, -0.25) is 4.79 Å². The molecule has 0 spiro atoms. The molecular weight excluding hydrogens is 312 g/mol. The highest BCUT2D eigenvalue weighted by Crippen LogP contribution is 2.19. The van der Waals surface area contributed by atoms with Gasteiger partial charge >= 0.3 is 0 Å². The minimum atomic E-state index is -3.33. The summed E-state index contributed by atoms with van der Waals surface area (Å²) in [5, 5.41) is 3.01. The standard InChI is InChI=1S/C14H19ClN2O3S/c1-17(2)6-4-5-14(18)16-10-11-7-12(15)9-13(8-11)21(3,19)20/h4-5,7-9H,6,10H2,1-3H3,(H,16,18)/b5-4+. The molecule has 0 saturated heterocycles. The van der Waals surface area contributed by atoms with E-state index in [-0.39, 0.29) is 17.3 Å². The predicted molar refractivity (Wildman–Crippen MR) is 84.1 cm³/mol. The van der Waals surface area contributed by atoms with Gasteiger partial charge in [-0.05, 0) is 37.9 Å². The number of hydrogen-bond donors (Lipinski definition) is 1. The minimum Gasteiger partial charge on any atom is -0.348 e. The maximum Gasteiger partial charge on any atom is 0.243 e. The molecule has 1 rings (SSSR count). The quantitative estimate of drug-likeness (QED) is 0.802. The second-order valence-corrected chi connectivity index (χ2v) is 7.40. The summed E-state index contributed by atoms with van der Waals surface area (Å²) in [6.07, 6.45) is 4.31. The number of amides is 1. The van der Waals surface area contributed by atoms with Crippen LogP contribution in [0, 0.1) is 0 Å². The summed E-state index contributed by atoms with van der Waals surface area (Å²) in [7, 11) is 0.481. The number of rotatable bonds is 6. The van der Waals surface area contributed by atoms with Gasteiger partial charge in [0.1, 0.15) is 0 Å². The second-order valence-electron chi connectivity index (χ2n) is 4.95. The van der Waals surface area contributed by atoms with Crippen molar-refractivity contribution < 1.29 is 13.2 Å². The number of sulfone groups is 1. The first-order valence-electron chi connectivity index (χ1n) is 6.27. The van der Waals surface area contributed by atoms with Gasteiger partial charge in [0.2, 0.25) is 5.91 Å². The van der Waals surface area contributed by atoms with Gasteiger partial charge in [0.25, 0.3) is 0 Å². The molecule has 1 aromatic rings. The van der Waals surface area contributed by atoms with Crippen LogP contribution in [0.15, 0.2) is 35.2 Å². The fourth-order valence-electron chi connectivity index (χ4n) is 1.56. The molecule has 7 heteroatoms. The fraction of sp³-hybridized carbons (Fsp3) is 0.357. The summed E-state index contributed by atoms with van der Waals surface area (Å²) >= 11 is 5.89. The minimum absolute atomic E-state index is 0.141. The Kier molecular flexibility index (Phi) is 6.39. The molecule has 0 bridgehead atoms. The molecule has 0 atom stereocenters. The summed E-state index contributed by atoms with van der Waals surface area (Å²) in [5.41, 5.74) is 0.636. The predicted octanol–water partition coefficient (Wildman–Crippen LogP) is 1.48. The summed E-state index contributed by atoms with van der Waals surface area (Å²) in [6, 6.07) is 4.52. The fourth-order valence-corrected chi connectivity index (χ4v) is 2.58. The number of carbonyl (C=O) groups is 1. The zero-order valence-corrected chi connectivity index (χ0v) is 13.8. The second kappa shape index (κ2) is 7.59. The lowest BCUT2D eigenvalue weighted by Crippen LogP contribution is -2.21. The SMILES string of the molecule is CN(C)C/C=C/C(=O)NCc1cc(Cl)cc(S(C)(=O)=O)c1. The van der Waals surface area contributed by atoms with Crippen LogP contribution in [0.5, 0.6) is 0 Å². The van der Waals surface area contributed by atoms with E-state index in [0.29, 0.717) is 17.1 Å². The van der Waals surface area contributed by atoms with Gasteiger partial charge < -0.3 is 10.2 Å². The van der Waals surface area contributed by atoms with E-state index in [0.717, 1.165) is 6.26 Å². The molecule has 5 nitrogen and oxygen atoms in total. The zero-order chi connectivity index (χ0) is 16.0.